The molecule has 0 saturated heterocycles. The van der Waals surface area contributed by atoms with Crippen molar-refractivity contribution >= 4 is 24.7 Å². The Bertz CT molecular complexity index is 830. The Morgan fingerprint density at radius 3 is 1.88 bits per heavy atom. The zero-order valence-corrected chi connectivity index (χ0v) is 21.2. The normalized spacial score (nSPS) is 12.9. The van der Waals surface area contributed by atoms with E-state index in [2.05, 4.69) is 81.4 Å². The van der Waals surface area contributed by atoms with Gasteiger partial charge in [0.2, 0.25) is 0 Å². The summed E-state index contributed by atoms with van der Waals surface area (Å²) in [6.07, 6.45) is 3.41. The molecule has 174 valence electrons. The first-order chi connectivity index (χ1) is 15.2. The number of benzene rings is 2. The highest BCUT2D eigenvalue weighted by Gasteiger charge is 2.49. The van der Waals surface area contributed by atoms with E-state index in [0.29, 0.717) is 31.0 Å². The fraction of sp³-hybridized carbons (Fsp3) is 0.444. The van der Waals surface area contributed by atoms with E-state index in [4.69, 9.17) is 9.16 Å². The molecule has 0 amide bonds. The minimum Gasteiger partial charge on any atom is -0.498 e. The van der Waals surface area contributed by atoms with Crippen LogP contribution in [0.5, 0.6) is 0 Å². The van der Waals surface area contributed by atoms with Crippen molar-refractivity contribution in [2.45, 2.75) is 65.3 Å². The van der Waals surface area contributed by atoms with Crippen LogP contribution < -0.4 is 10.4 Å². The number of ether oxygens (including phenoxy) is 1. The van der Waals surface area contributed by atoms with Crippen LogP contribution in [0.4, 0.5) is 0 Å². The standard InChI is InChI=1S/C27H38O4Si/c1-6-30-25(22(2)26(28)29)20-14-9-15-21-31-32(27(3,4)5,23-16-10-7-11-17-23)24-18-12-8-13-19-24/h7-8,10-13,16-19H,6,9,14-15,20-21H2,1-5H3,(H,28,29)/b25-22+. The van der Waals surface area contributed by atoms with Gasteiger partial charge in [-0.1, -0.05) is 87.9 Å². The van der Waals surface area contributed by atoms with Crippen molar-refractivity contribution in [3.63, 3.8) is 0 Å². The molecule has 0 radical (unpaired) electrons. The van der Waals surface area contributed by atoms with Crippen LogP contribution in [0.25, 0.3) is 0 Å². The Balaban J connectivity index is 2.12. The smallest absolute Gasteiger partial charge is 0.334 e. The lowest BCUT2D eigenvalue weighted by Crippen LogP contribution is -2.66. The fourth-order valence-corrected chi connectivity index (χ4v) is 8.82. The highest BCUT2D eigenvalue weighted by atomic mass is 28.4. The molecule has 0 atom stereocenters. The van der Waals surface area contributed by atoms with E-state index >= 15 is 0 Å². The highest BCUT2D eigenvalue weighted by Crippen LogP contribution is 2.36. The summed E-state index contributed by atoms with van der Waals surface area (Å²) >= 11 is 0. The van der Waals surface area contributed by atoms with Crippen molar-refractivity contribution in [2.75, 3.05) is 13.2 Å². The predicted octanol–water partition coefficient (Wildman–Crippen LogP) is 5.52. The number of unbranched alkanes of at least 4 members (excludes halogenated alkanes) is 2. The minimum atomic E-state index is -2.49. The van der Waals surface area contributed by atoms with E-state index in [1.807, 2.05) is 6.92 Å². The number of allylic oxidation sites excluding steroid dienone is 1. The molecule has 4 nitrogen and oxygen atoms in total. The van der Waals surface area contributed by atoms with Crippen molar-refractivity contribution in [2.24, 2.45) is 0 Å². The van der Waals surface area contributed by atoms with Crippen LogP contribution in [0, 0.1) is 0 Å². The monoisotopic (exact) mass is 454 g/mol. The SMILES string of the molecule is CCO/C(CCCCCO[Si](c1ccccc1)(c1ccccc1)C(C)(C)C)=C(\C)C(=O)O. The number of hydrogen-bond donors (Lipinski definition) is 1. The number of aliphatic carboxylic acids is 1. The molecule has 0 spiro atoms. The van der Waals surface area contributed by atoms with Crippen molar-refractivity contribution in [3.05, 3.63) is 72.0 Å². The van der Waals surface area contributed by atoms with Gasteiger partial charge in [0.25, 0.3) is 8.32 Å². The van der Waals surface area contributed by atoms with Gasteiger partial charge in [0, 0.05) is 13.0 Å². The second-order valence-electron chi connectivity index (χ2n) is 9.11. The molecule has 5 heteroatoms. The number of carbonyl (C=O) groups is 1. The van der Waals surface area contributed by atoms with Crippen LogP contribution in [0.1, 0.15) is 60.3 Å². The van der Waals surface area contributed by atoms with E-state index in [9.17, 15) is 9.90 Å². The summed E-state index contributed by atoms with van der Waals surface area (Å²) in [4.78, 5) is 11.3. The first-order valence-electron chi connectivity index (χ1n) is 11.5. The second kappa shape index (κ2) is 12.0. The Morgan fingerprint density at radius 1 is 0.906 bits per heavy atom. The van der Waals surface area contributed by atoms with E-state index in [-0.39, 0.29) is 5.04 Å². The zero-order valence-electron chi connectivity index (χ0n) is 20.2. The molecular weight excluding hydrogens is 416 g/mol. The number of carboxylic acids is 1. The Labute approximate surface area is 194 Å². The highest BCUT2D eigenvalue weighted by molar-refractivity contribution is 6.99. The number of carboxylic acid groups (broad SMARTS) is 1. The van der Waals surface area contributed by atoms with Gasteiger partial charge < -0.3 is 14.3 Å². The Kier molecular flexibility index (Phi) is 9.73. The van der Waals surface area contributed by atoms with Gasteiger partial charge in [0.05, 0.1) is 12.2 Å². The lowest BCUT2D eigenvalue weighted by molar-refractivity contribution is -0.132. The summed E-state index contributed by atoms with van der Waals surface area (Å²) in [6, 6.07) is 21.3. The van der Waals surface area contributed by atoms with E-state index in [0.717, 1.165) is 19.3 Å². The average molecular weight is 455 g/mol. The fourth-order valence-electron chi connectivity index (χ4n) is 4.21. The van der Waals surface area contributed by atoms with E-state index < -0.39 is 14.3 Å². The molecule has 0 fully saturated rings. The molecule has 0 aliphatic carbocycles. The average Bonchev–Trinajstić information content (AvgIpc) is 2.77. The van der Waals surface area contributed by atoms with E-state index in [1.165, 1.54) is 10.4 Å². The summed E-state index contributed by atoms with van der Waals surface area (Å²) in [5.41, 5.74) is 0.301. The van der Waals surface area contributed by atoms with Crippen molar-refractivity contribution in [1.82, 2.24) is 0 Å². The molecule has 2 aromatic carbocycles. The summed E-state index contributed by atoms with van der Waals surface area (Å²) in [5.74, 6) is -0.323. The molecule has 2 aromatic rings. The van der Waals surface area contributed by atoms with Gasteiger partial charge in [-0.25, -0.2) is 4.79 Å². The third-order valence-electron chi connectivity index (χ3n) is 5.84. The minimum absolute atomic E-state index is 0.0286. The predicted molar refractivity (Wildman–Crippen MR) is 134 cm³/mol. The zero-order chi connectivity index (χ0) is 23.6. The van der Waals surface area contributed by atoms with Gasteiger partial charge in [-0.3, -0.25) is 0 Å². The van der Waals surface area contributed by atoms with Crippen LogP contribution in [0.2, 0.25) is 5.04 Å². The molecular formula is C27H38O4Si. The Hall–Kier alpha value is -2.37. The quantitative estimate of drug-likeness (QED) is 0.199. The van der Waals surface area contributed by atoms with Crippen molar-refractivity contribution in [3.8, 4) is 0 Å². The van der Waals surface area contributed by atoms with Gasteiger partial charge >= 0.3 is 5.97 Å². The van der Waals surface area contributed by atoms with Crippen LogP contribution in [0.3, 0.4) is 0 Å². The Morgan fingerprint density at radius 2 is 1.44 bits per heavy atom. The van der Waals surface area contributed by atoms with Crippen LogP contribution in [-0.2, 0) is 14.0 Å². The third kappa shape index (κ3) is 6.33. The molecule has 0 aromatic heterocycles. The maximum absolute atomic E-state index is 11.3. The van der Waals surface area contributed by atoms with Crippen molar-refractivity contribution in [1.29, 1.82) is 0 Å². The van der Waals surface area contributed by atoms with Gasteiger partial charge in [-0.15, -0.1) is 0 Å². The van der Waals surface area contributed by atoms with Gasteiger partial charge in [0.1, 0.15) is 5.76 Å². The largest absolute Gasteiger partial charge is 0.498 e. The van der Waals surface area contributed by atoms with Crippen LogP contribution in [0.15, 0.2) is 72.0 Å². The molecule has 0 saturated carbocycles. The molecule has 32 heavy (non-hydrogen) atoms. The molecule has 0 bridgehead atoms. The molecule has 0 heterocycles. The summed E-state index contributed by atoms with van der Waals surface area (Å²) < 4.78 is 12.5. The molecule has 0 unspecified atom stereocenters. The van der Waals surface area contributed by atoms with Crippen LogP contribution in [-0.4, -0.2) is 32.6 Å². The lowest BCUT2D eigenvalue weighted by atomic mass is 10.1. The molecule has 0 aliphatic heterocycles. The molecule has 0 aliphatic rings. The summed E-state index contributed by atoms with van der Waals surface area (Å²) in [5, 5.41) is 11.8. The van der Waals surface area contributed by atoms with Gasteiger partial charge in [-0.05, 0) is 42.1 Å². The van der Waals surface area contributed by atoms with Crippen molar-refractivity contribution < 1.29 is 19.1 Å². The first kappa shape index (κ1) is 25.9. The first-order valence-corrected chi connectivity index (χ1v) is 13.5. The second-order valence-corrected chi connectivity index (χ2v) is 13.4. The van der Waals surface area contributed by atoms with E-state index in [1.54, 1.807) is 6.92 Å². The third-order valence-corrected chi connectivity index (χ3v) is 10.9. The van der Waals surface area contributed by atoms with Gasteiger partial charge in [-0.2, -0.15) is 0 Å². The topological polar surface area (TPSA) is 55.8 Å². The maximum atomic E-state index is 11.3. The number of hydrogen-bond acceptors (Lipinski definition) is 3. The van der Waals surface area contributed by atoms with Crippen LogP contribution >= 0.6 is 0 Å². The molecule has 2 rings (SSSR count). The summed E-state index contributed by atoms with van der Waals surface area (Å²) in [6.45, 7) is 11.5. The van der Waals surface area contributed by atoms with Gasteiger partial charge in [0.15, 0.2) is 0 Å². The molecule has 1 N–H and O–H groups in total. The number of rotatable bonds is 12. The summed E-state index contributed by atoms with van der Waals surface area (Å²) in [7, 11) is -2.49. The maximum Gasteiger partial charge on any atom is 0.334 e. The lowest BCUT2D eigenvalue weighted by Gasteiger charge is -2.43.